The number of rotatable bonds is 4. The summed E-state index contributed by atoms with van der Waals surface area (Å²) < 4.78 is 5.21. The van der Waals surface area contributed by atoms with Crippen LogP contribution in [0.4, 0.5) is 0 Å². The van der Waals surface area contributed by atoms with Crippen molar-refractivity contribution in [2.75, 3.05) is 14.2 Å². The first-order valence-corrected chi connectivity index (χ1v) is 8.62. The van der Waals surface area contributed by atoms with E-state index in [-0.39, 0.29) is 17.9 Å². The Bertz CT molecular complexity index is 822. The average molecular weight is 351 g/mol. The molecule has 0 radical (unpaired) electrons. The first-order chi connectivity index (χ1) is 12.6. The van der Waals surface area contributed by atoms with Crippen LogP contribution in [0, 0.1) is 5.92 Å². The van der Waals surface area contributed by atoms with Crippen LogP contribution >= 0.6 is 0 Å². The van der Waals surface area contributed by atoms with Crippen LogP contribution in [0.2, 0.25) is 0 Å². The van der Waals surface area contributed by atoms with Crippen LogP contribution in [0.25, 0.3) is 0 Å². The quantitative estimate of drug-likeness (QED) is 0.851. The number of hydrogen-bond donors (Lipinski definition) is 1. The third-order valence-electron chi connectivity index (χ3n) is 5.21. The molecule has 2 aliphatic rings. The number of hydrazine groups is 1. The highest BCUT2D eigenvalue weighted by molar-refractivity contribution is 6.07. The van der Waals surface area contributed by atoms with Crippen molar-refractivity contribution in [2.45, 2.75) is 18.6 Å². The molecule has 26 heavy (non-hydrogen) atoms. The van der Waals surface area contributed by atoms with Gasteiger partial charge in [0.2, 0.25) is 11.8 Å². The molecule has 2 amide bonds. The molecule has 2 heterocycles. The number of ether oxygens (including phenoxy) is 1. The number of amides is 2. The maximum absolute atomic E-state index is 12.7. The fourth-order valence-electron chi connectivity index (χ4n) is 3.83. The van der Waals surface area contributed by atoms with Gasteiger partial charge in [-0.15, -0.1) is 0 Å². The van der Waals surface area contributed by atoms with Crippen LogP contribution < -0.4 is 10.2 Å². The van der Waals surface area contributed by atoms with Crippen LogP contribution in [-0.2, 0) is 16.1 Å². The number of carbonyl (C=O) groups is 2. The second-order valence-electron chi connectivity index (χ2n) is 6.70. The zero-order valence-corrected chi connectivity index (χ0v) is 14.8. The number of nitrogens with zero attached hydrogens (tertiary/aromatic N) is 2. The molecule has 3 unspecified atom stereocenters. The van der Waals surface area contributed by atoms with Gasteiger partial charge in [-0.2, -0.15) is 0 Å². The van der Waals surface area contributed by atoms with Crippen molar-refractivity contribution in [2.24, 2.45) is 5.92 Å². The van der Waals surface area contributed by atoms with Crippen LogP contribution in [0.1, 0.15) is 17.2 Å². The number of nitrogens with one attached hydrogen (secondary N) is 1. The Morgan fingerprint density at radius 1 is 1.00 bits per heavy atom. The minimum Gasteiger partial charge on any atom is -0.497 e. The Kier molecular flexibility index (Phi) is 4.22. The Hall–Kier alpha value is -2.70. The minimum absolute atomic E-state index is 0.135. The van der Waals surface area contributed by atoms with E-state index < -0.39 is 12.0 Å². The average Bonchev–Trinajstić information content (AvgIpc) is 3.15. The summed E-state index contributed by atoms with van der Waals surface area (Å²) in [5.74, 6) is 0.0447. The van der Waals surface area contributed by atoms with Gasteiger partial charge in [0.05, 0.1) is 19.1 Å². The van der Waals surface area contributed by atoms with Gasteiger partial charge in [-0.25, -0.2) is 10.4 Å². The molecule has 2 aromatic rings. The lowest BCUT2D eigenvalue weighted by molar-refractivity contribution is -0.139. The second-order valence-corrected chi connectivity index (χ2v) is 6.70. The number of methoxy groups -OCH3 is 1. The van der Waals surface area contributed by atoms with Crippen molar-refractivity contribution < 1.29 is 14.3 Å². The van der Waals surface area contributed by atoms with Gasteiger partial charge < -0.3 is 4.74 Å². The van der Waals surface area contributed by atoms with E-state index in [0.29, 0.717) is 6.54 Å². The van der Waals surface area contributed by atoms with Crippen molar-refractivity contribution in [1.82, 2.24) is 15.3 Å². The lowest BCUT2D eigenvalue weighted by Gasteiger charge is -2.23. The molecule has 6 nitrogen and oxygen atoms in total. The molecule has 0 aliphatic carbocycles. The molecule has 0 aromatic heterocycles. The van der Waals surface area contributed by atoms with Gasteiger partial charge in [0.15, 0.2) is 0 Å². The normalized spacial score (nSPS) is 25.6. The summed E-state index contributed by atoms with van der Waals surface area (Å²) in [5.41, 5.74) is 5.45. The highest BCUT2D eigenvalue weighted by Crippen LogP contribution is 2.40. The summed E-state index contributed by atoms with van der Waals surface area (Å²) in [6, 6.07) is 16.8. The molecule has 0 saturated carbocycles. The maximum Gasteiger partial charge on any atom is 0.248 e. The van der Waals surface area contributed by atoms with Crippen molar-refractivity contribution >= 4 is 11.8 Å². The molecule has 2 aliphatic heterocycles. The first-order valence-electron chi connectivity index (χ1n) is 8.62. The van der Waals surface area contributed by atoms with E-state index in [1.54, 1.807) is 14.2 Å². The zero-order valence-electron chi connectivity index (χ0n) is 14.8. The summed E-state index contributed by atoms with van der Waals surface area (Å²) in [5, 5.41) is 1.90. The standard InChI is InChI=1S/C20H21N3O3/c1-22-19(24)16-17(14-8-10-15(26-2)11-9-14)21-23(18(16)20(22)25)12-13-6-4-3-5-7-13/h3-11,16-18,21H,12H2,1-2H3. The van der Waals surface area contributed by atoms with Gasteiger partial charge in [0.25, 0.3) is 0 Å². The number of likely N-dealkylation sites (N-methyl/N-ethyl adjacent to an activating group) is 1. The molecule has 3 atom stereocenters. The summed E-state index contributed by atoms with van der Waals surface area (Å²) in [4.78, 5) is 26.6. The van der Waals surface area contributed by atoms with E-state index in [1.807, 2.05) is 59.6 Å². The van der Waals surface area contributed by atoms with E-state index in [1.165, 1.54) is 4.90 Å². The van der Waals surface area contributed by atoms with Gasteiger partial charge in [-0.3, -0.25) is 14.5 Å². The molecule has 1 N–H and O–H groups in total. The Morgan fingerprint density at radius 2 is 1.69 bits per heavy atom. The smallest absolute Gasteiger partial charge is 0.248 e. The number of imide groups is 1. The predicted molar refractivity (Wildman–Crippen MR) is 95.9 cm³/mol. The molecule has 0 spiro atoms. The fourth-order valence-corrected chi connectivity index (χ4v) is 3.83. The van der Waals surface area contributed by atoms with Gasteiger partial charge in [0.1, 0.15) is 11.8 Å². The summed E-state index contributed by atoms with van der Waals surface area (Å²) in [6.07, 6.45) is 0. The monoisotopic (exact) mass is 351 g/mol. The van der Waals surface area contributed by atoms with E-state index in [4.69, 9.17) is 4.74 Å². The Balaban J connectivity index is 1.67. The molecule has 2 saturated heterocycles. The van der Waals surface area contributed by atoms with Crippen LogP contribution in [0.15, 0.2) is 54.6 Å². The Morgan fingerprint density at radius 3 is 2.35 bits per heavy atom. The van der Waals surface area contributed by atoms with Crippen molar-refractivity contribution in [1.29, 1.82) is 0 Å². The van der Waals surface area contributed by atoms with Crippen LogP contribution in [0.5, 0.6) is 5.75 Å². The molecular weight excluding hydrogens is 330 g/mol. The summed E-state index contributed by atoms with van der Waals surface area (Å²) in [7, 11) is 3.18. The SMILES string of the molecule is COc1ccc(C2NN(Cc3ccccc3)C3C(=O)N(C)C(=O)C23)cc1. The minimum atomic E-state index is -0.486. The topological polar surface area (TPSA) is 61.9 Å². The maximum atomic E-state index is 12.7. The van der Waals surface area contributed by atoms with E-state index in [0.717, 1.165) is 16.9 Å². The van der Waals surface area contributed by atoms with E-state index >= 15 is 0 Å². The predicted octanol–water partition coefficient (Wildman–Crippen LogP) is 1.74. The number of hydrogen-bond acceptors (Lipinski definition) is 5. The van der Waals surface area contributed by atoms with Crippen LogP contribution in [-0.4, -0.2) is 41.9 Å². The molecule has 6 heteroatoms. The highest BCUT2D eigenvalue weighted by Gasteiger charge is 2.57. The number of likely N-dealkylation sites (tertiary alicyclic amines) is 1. The Labute approximate surface area is 152 Å². The molecule has 2 aromatic carbocycles. The fraction of sp³-hybridized carbons (Fsp3) is 0.300. The van der Waals surface area contributed by atoms with Crippen LogP contribution in [0.3, 0.4) is 0 Å². The largest absolute Gasteiger partial charge is 0.497 e. The van der Waals surface area contributed by atoms with E-state index in [9.17, 15) is 9.59 Å². The lowest BCUT2D eigenvalue weighted by atomic mass is 9.91. The molecule has 134 valence electrons. The first kappa shape index (κ1) is 16.8. The number of fused-ring (bicyclic) bond motifs is 1. The van der Waals surface area contributed by atoms with Gasteiger partial charge in [-0.1, -0.05) is 42.5 Å². The summed E-state index contributed by atoms with van der Waals surface area (Å²) in [6.45, 7) is 0.557. The third-order valence-corrected chi connectivity index (χ3v) is 5.21. The highest BCUT2D eigenvalue weighted by atomic mass is 16.5. The lowest BCUT2D eigenvalue weighted by Crippen LogP contribution is -2.43. The molecular formula is C20H21N3O3. The van der Waals surface area contributed by atoms with Gasteiger partial charge >= 0.3 is 0 Å². The second kappa shape index (κ2) is 6.55. The van der Waals surface area contributed by atoms with E-state index in [2.05, 4.69) is 5.43 Å². The van der Waals surface area contributed by atoms with Crippen molar-refractivity contribution in [3.63, 3.8) is 0 Å². The van der Waals surface area contributed by atoms with Gasteiger partial charge in [0, 0.05) is 13.6 Å². The van der Waals surface area contributed by atoms with Crippen molar-refractivity contribution in [3.05, 3.63) is 65.7 Å². The molecule has 2 fully saturated rings. The van der Waals surface area contributed by atoms with Gasteiger partial charge in [-0.05, 0) is 23.3 Å². The number of carbonyl (C=O) groups excluding carboxylic acids is 2. The summed E-state index contributed by atoms with van der Waals surface area (Å²) >= 11 is 0. The zero-order chi connectivity index (χ0) is 18.3. The van der Waals surface area contributed by atoms with Crippen molar-refractivity contribution in [3.8, 4) is 5.75 Å². The number of benzene rings is 2. The third kappa shape index (κ3) is 2.67. The molecule has 4 rings (SSSR count). The molecule has 0 bridgehead atoms.